The highest BCUT2D eigenvalue weighted by Crippen LogP contribution is 2.18. The number of benzene rings is 1. The minimum atomic E-state index is -0.226. The van der Waals surface area contributed by atoms with Gasteiger partial charge in [-0.1, -0.05) is 12.6 Å². The van der Waals surface area contributed by atoms with Gasteiger partial charge in [0.2, 0.25) is 0 Å². The van der Waals surface area contributed by atoms with Gasteiger partial charge in [0.1, 0.15) is 6.33 Å². The van der Waals surface area contributed by atoms with Crippen molar-refractivity contribution in [1.82, 2.24) is 20.4 Å². The van der Waals surface area contributed by atoms with Crippen LogP contribution in [0, 0.1) is 0 Å². The standard InChI is InChI=1S/C13H14N4O/c1-9(13(18)16-17(2)3)10-4-5-12-11(6-10)7-14-8-15-12/h4-8H,1H2,2-3H3,(H,16,18). The lowest BCUT2D eigenvalue weighted by molar-refractivity contribution is -0.119. The lowest BCUT2D eigenvalue weighted by Gasteiger charge is -2.13. The number of carbonyl (C=O) groups excluding carboxylic acids is 1. The molecule has 0 spiro atoms. The Morgan fingerprint density at radius 3 is 2.89 bits per heavy atom. The normalized spacial score (nSPS) is 10.6. The van der Waals surface area contributed by atoms with E-state index in [1.807, 2.05) is 18.2 Å². The molecule has 0 unspecified atom stereocenters. The minimum Gasteiger partial charge on any atom is -0.285 e. The first-order chi connectivity index (χ1) is 8.58. The summed E-state index contributed by atoms with van der Waals surface area (Å²) in [5.41, 5.74) is 4.67. The van der Waals surface area contributed by atoms with Gasteiger partial charge < -0.3 is 0 Å². The molecule has 0 saturated heterocycles. The smallest absolute Gasteiger partial charge is 0.265 e. The second-order valence-electron chi connectivity index (χ2n) is 4.11. The average Bonchev–Trinajstić information content (AvgIpc) is 2.36. The van der Waals surface area contributed by atoms with Crippen LogP contribution in [0.4, 0.5) is 0 Å². The van der Waals surface area contributed by atoms with E-state index >= 15 is 0 Å². The number of carbonyl (C=O) groups is 1. The summed E-state index contributed by atoms with van der Waals surface area (Å²) in [5.74, 6) is -0.226. The van der Waals surface area contributed by atoms with E-state index in [4.69, 9.17) is 0 Å². The summed E-state index contributed by atoms with van der Waals surface area (Å²) in [6, 6.07) is 5.53. The van der Waals surface area contributed by atoms with Crippen LogP contribution < -0.4 is 5.43 Å². The molecule has 0 fully saturated rings. The SMILES string of the molecule is C=C(C(=O)NN(C)C)c1ccc2ncncc2c1. The van der Waals surface area contributed by atoms with Crippen molar-refractivity contribution >= 4 is 22.4 Å². The highest BCUT2D eigenvalue weighted by Gasteiger charge is 2.10. The van der Waals surface area contributed by atoms with Crippen molar-refractivity contribution in [1.29, 1.82) is 0 Å². The van der Waals surface area contributed by atoms with Gasteiger partial charge in [-0.05, 0) is 17.7 Å². The van der Waals surface area contributed by atoms with E-state index in [0.717, 1.165) is 16.5 Å². The van der Waals surface area contributed by atoms with Gasteiger partial charge in [0.15, 0.2) is 0 Å². The highest BCUT2D eigenvalue weighted by molar-refractivity contribution is 6.19. The van der Waals surface area contributed by atoms with Crippen molar-refractivity contribution in [2.24, 2.45) is 0 Å². The molecule has 1 heterocycles. The molecule has 5 heteroatoms. The molecular formula is C13H14N4O. The molecule has 0 bridgehead atoms. The summed E-state index contributed by atoms with van der Waals surface area (Å²) in [4.78, 5) is 19.9. The monoisotopic (exact) mass is 242 g/mol. The zero-order valence-electron chi connectivity index (χ0n) is 10.3. The summed E-state index contributed by atoms with van der Waals surface area (Å²) in [5, 5.41) is 2.46. The lowest BCUT2D eigenvalue weighted by atomic mass is 10.1. The van der Waals surface area contributed by atoms with Crippen LogP contribution in [0.25, 0.3) is 16.5 Å². The van der Waals surface area contributed by atoms with Crippen LogP contribution in [-0.2, 0) is 4.79 Å². The van der Waals surface area contributed by atoms with Crippen LogP contribution in [-0.4, -0.2) is 35.0 Å². The highest BCUT2D eigenvalue weighted by atomic mass is 16.2. The van der Waals surface area contributed by atoms with Gasteiger partial charge in [0.05, 0.1) is 5.52 Å². The zero-order valence-corrected chi connectivity index (χ0v) is 10.3. The maximum Gasteiger partial charge on any atom is 0.265 e. The lowest BCUT2D eigenvalue weighted by Crippen LogP contribution is -2.36. The van der Waals surface area contributed by atoms with Gasteiger partial charge in [0.25, 0.3) is 5.91 Å². The fraction of sp³-hybridized carbons (Fsp3) is 0.154. The predicted octanol–water partition coefficient (Wildman–Crippen LogP) is 1.24. The molecule has 0 atom stereocenters. The average molecular weight is 242 g/mol. The second kappa shape index (κ2) is 4.93. The van der Waals surface area contributed by atoms with Crippen molar-refractivity contribution < 1.29 is 4.79 Å². The zero-order chi connectivity index (χ0) is 13.1. The first-order valence-electron chi connectivity index (χ1n) is 5.45. The van der Waals surface area contributed by atoms with E-state index in [2.05, 4.69) is 22.0 Å². The summed E-state index contributed by atoms with van der Waals surface area (Å²) in [6.45, 7) is 3.81. The molecule has 1 N–H and O–H groups in total. The van der Waals surface area contributed by atoms with Crippen LogP contribution in [0.3, 0.4) is 0 Å². The van der Waals surface area contributed by atoms with E-state index in [1.165, 1.54) is 6.33 Å². The summed E-state index contributed by atoms with van der Waals surface area (Å²) in [7, 11) is 3.50. The molecule has 92 valence electrons. The van der Waals surface area contributed by atoms with Gasteiger partial charge in [-0.3, -0.25) is 10.2 Å². The number of hydrogen-bond acceptors (Lipinski definition) is 4. The number of rotatable bonds is 3. The topological polar surface area (TPSA) is 58.1 Å². The Morgan fingerprint density at radius 1 is 1.39 bits per heavy atom. The summed E-state index contributed by atoms with van der Waals surface area (Å²) in [6.07, 6.45) is 3.21. The number of nitrogens with zero attached hydrogens (tertiary/aromatic N) is 3. The molecule has 0 aliphatic heterocycles. The van der Waals surface area contributed by atoms with Gasteiger partial charge >= 0.3 is 0 Å². The second-order valence-corrected chi connectivity index (χ2v) is 4.11. The van der Waals surface area contributed by atoms with Gasteiger partial charge in [-0.25, -0.2) is 15.0 Å². The van der Waals surface area contributed by atoms with Crippen molar-refractivity contribution in [3.05, 3.63) is 42.9 Å². The van der Waals surface area contributed by atoms with E-state index in [-0.39, 0.29) is 5.91 Å². The quantitative estimate of drug-likeness (QED) is 0.650. The number of hydrazine groups is 1. The molecule has 5 nitrogen and oxygen atoms in total. The van der Waals surface area contributed by atoms with E-state index in [9.17, 15) is 4.79 Å². The number of hydrogen-bond donors (Lipinski definition) is 1. The van der Waals surface area contributed by atoms with Gasteiger partial charge in [0, 0.05) is 31.3 Å². The first kappa shape index (κ1) is 12.2. The van der Waals surface area contributed by atoms with E-state index in [1.54, 1.807) is 25.3 Å². The van der Waals surface area contributed by atoms with Crippen LogP contribution in [0.1, 0.15) is 5.56 Å². The Bertz CT molecular complexity index is 607. The van der Waals surface area contributed by atoms with Crippen molar-refractivity contribution in [2.45, 2.75) is 0 Å². The Labute approximate surface area is 105 Å². The number of nitrogens with one attached hydrogen (secondary N) is 1. The van der Waals surface area contributed by atoms with Crippen molar-refractivity contribution in [2.75, 3.05) is 14.1 Å². The van der Waals surface area contributed by atoms with Crippen LogP contribution in [0.2, 0.25) is 0 Å². The molecule has 0 saturated carbocycles. The predicted molar refractivity (Wildman–Crippen MR) is 70.4 cm³/mol. The minimum absolute atomic E-state index is 0.226. The van der Waals surface area contributed by atoms with Crippen LogP contribution in [0.5, 0.6) is 0 Å². The fourth-order valence-corrected chi connectivity index (χ4v) is 1.57. The maximum atomic E-state index is 11.8. The van der Waals surface area contributed by atoms with Gasteiger partial charge in [-0.15, -0.1) is 0 Å². The molecule has 0 aliphatic carbocycles. The molecule has 1 aromatic heterocycles. The third-order valence-corrected chi connectivity index (χ3v) is 2.45. The molecule has 1 amide bonds. The first-order valence-corrected chi connectivity index (χ1v) is 5.45. The summed E-state index contributed by atoms with van der Waals surface area (Å²) >= 11 is 0. The molecule has 2 rings (SSSR count). The fourth-order valence-electron chi connectivity index (χ4n) is 1.57. The third kappa shape index (κ3) is 2.52. The van der Waals surface area contributed by atoms with E-state index < -0.39 is 0 Å². The molecule has 18 heavy (non-hydrogen) atoms. The molecule has 2 aromatic rings. The van der Waals surface area contributed by atoms with E-state index in [0.29, 0.717) is 5.57 Å². The number of aromatic nitrogens is 2. The van der Waals surface area contributed by atoms with Crippen LogP contribution in [0.15, 0.2) is 37.3 Å². The molecule has 0 aliphatic rings. The Morgan fingerprint density at radius 2 is 2.17 bits per heavy atom. The summed E-state index contributed by atoms with van der Waals surface area (Å²) < 4.78 is 0. The maximum absolute atomic E-state index is 11.8. The number of fused-ring (bicyclic) bond motifs is 1. The van der Waals surface area contributed by atoms with Crippen molar-refractivity contribution in [3.8, 4) is 0 Å². The van der Waals surface area contributed by atoms with Crippen molar-refractivity contribution in [3.63, 3.8) is 0 Å². The van der Waals surface area contributed by atoms with Gasteiger partial charge in [-0.2, -0.15) is 0 Å². The Hall–Kier alpha value is -2.27. The Kier molecular flexibility index (Phi) is 3.34. The number of amides is 1. The van der Waals surface area contributed by atoms with Crippen LogP contribution >= 0.6 is 0 Å². The third-order valence-electron chi connectivity index (χ3n) is 2.45. The largest absolute Gasteiger partial charge is 0.285 e. The molecule has 1 aromatic carbocycles. The Balaban J connectivity index is 2.31. The molecule has 0 radical (unpaired) electrons. The molecular weight excluding hydrogens is 228 g/mol.